The van der Waals surface area contributed by atoms with Crippen molar-refractivity contribution in [3.8, 4) is 5.88 Å². The van der Waals surface area contributed by atoms with Crippen molar-refractivity contribution in [1.82, 2.24) is 4.98 Å². The summed E-state index contributed by atoms with van der Waals surface area (Å²) in [5, 5.41) is 10.8. The van der Waals surface area contributed by atoms with Crippen molar-refractivity contribution >= 4 is 5.69 Å². The Balaban J connectivity index is 2.22. The van der Waals surface area contributed by atoms with Gasteiger partial charge in [0.25, 0.3) is 5.88 Å². The molecule has 0 bridgehead atoms. The first-order valence-corrected chi connectivity index (χ1v) is 5.49. The van der Waals surface area contributed by atoms with Crippen LogP contribution in [-0.2, 0) is 0 Å². The molecule has 0 aliphatic carbocycles. The number of nitro groups is 1. The fourth-order valence-corrected chi connectivity index (χ4v) is 1.57. The van der Waals surface area contributed by atoms with E-state index < -0.39 is 4.92 Å². The summed E-state index contributed by atoms with van der Waals surface area (Å²) >= 11 is 0. The van der Waals surface area contributed by atoms with Gasteiger partial charge in [-0.2, -0.15) is 0 Å². The van der Waals surface area contributed by atoms with Crippen molar-refractivity contribution in [1.29, 1.82) is 0 Å². The Morgan fingerprint density at radius 1 is 1.22 bits per heavy atom. The van der Waals surface area contributed by atoms with Crippen LogP contribution in [0.3, 0.4) is 0 Å². The van der Waals surface area contributed by atoms with Gasteiger partial charge >= 0.3 is 5.69 Å². The van der Waals surface area contributed by atoms with Crippen molar-refractivity contribution in [2.75, 3.05) is 0 Å². The van der Waals surface area contributed by atoms with Crippen LogP contribution in [0.1, 0.15) is 18.6 Å². The highest BCUT2D eigenvalue weighted by molar-refractivity contribution is 5.40. The molecule has 5 nitrogen and oxygen atoms in total. The van der Waals surface area contributed by atoms with Crippen LogP contribution >= 0.6 is 0 Å². The quantitative estimate of drug-likeness (QED) is 0.612. The SMILES string of the molecule is CC(Oc1ncccc1[N+](=O)[O-])c1ccccc1. The zero-order valence-corrected chi connectivity index (χ0v) is 9.82. The molecule has 1 aromatic heterocycles. The molecule has 2 rings (SSSR count). The first kappa shape index (κ1) is 12.0. The predicted molar refractivity (Wildman–Crippen MR) is 66.4 cm³/mol. The van der Waals surface area contributed by atoms with Gasteiger partial charge < -0.3 is 4.74 Å². The minimum atomic E-state index is -0.500. The summed E-state index contributed by atoms with van der Waals surface area (Å²) in [7, 11) is 0. The number of hydrogen-bond donors (Lipinski definition) is 0. The number of hydrogen-bond acceptors (Lipinski definition) is 4. The molecule has 0 saturated carbocycles. The van der Waals surface area contributed by atoms with E-state index in [2.05, 4.69) is 4.98 Å². The molecule has 1 atom stereocenters. The van der Waals surface area contributed by atoms with Crippen LogP contribution in [0.4, 0.5) is 5.69 Å². The van der Waals surface area contributed by atoms with Gasteiger partial charge in [0, 0.05) is 12.3 Å². The second kappa shape index (κ2) is 5.27. The van der Waals surface area contributed by atoms with Crippen LogP contribution in [0.25, 0.3) is 0 Å². The topological polar surface area (TPSA) is 65.3 Å². The normalized spacial score (nSPS) is 11.8. The molecule has 0 N–H and O–H groups in total. The number of rotatable bonds is 4. The highest BCUT2D eigenvalue weighted by Gasteiger charge is 2.18. The number of ether oxygens (including phenoxy) is 1. The van der Waals surface area contributed by atoms with Gasteiger partial charge in [-0.3, -0.25) is 10.1 Å². The number of pyridine rings is 1. The molecule has 0 fully saturated rings. The van der Waals surface area contributed by atoms with E-state index in [1.54, 1.807) is 0 Å². The van der Waals surface area contributed by atoms with E-state index in [4.69, 9.17) is 4.74 Å². The third-order valence-electron chi connectivity index (χ3n) is 2.51. The number of benzene rings is 1. The fourth-order valence-electron chi connectivity index (χ4n) is 1.57. The Morgan fingerprint density at radius 3 is 2.61 bits per heavy atom. The smallest absolute Gasteiger partial charge is 0.330 e. The Labute approximate surface area is 104 Å². The summed E-state index contributed by atoms with van der Waals surface area (Å²) in [6.07, 6.45) is 1.18. The second-order valence-corrected chi connectivity index (χ2v) is 3.76. The Kier molecular flexibility index (Phi) is 3.52. The minimum absolute atomic E-state index is 0.0406. The number of nitrogens with zero attached hydrogens (tertiary/aromatic N) is 2. The van der Waals surface area contributed by atoms with Gasteiger partial charge in [-0.1, -0.05) is 30.3 Å². The summed E-state index contributed by atoms with van der Waals surface area (Å²) in [5.41, 5.74) is 0.817. The van der Waals surface area contributed by atoms with Crippen molar-refractivity contribution < 1.29 is 9.66 Å². The maximum absolute atomic E-state index is 10.8. The predicted octanol–water partition coefficient (Wildman–Crippen LogP) is 3.13. The molecule has 1 heterocycles. The van der Waals surface area contributed by atoms with Crippen molar-refractivity contribution in [3.05, 3.63) is 64.3 Å². The van der Waals surface area contributed by atoms with Crippen LogP contribution in [0.15, 0.2) is 48.7 Å². The standard InChI is InChI=1S/C13H12N2O3/c1-10(11-6-3-2-4-7-11)18-13-12(15(16)17)8-5-9-14-13/h2-10H,1H3. The van der Waals surface area contributed by atoms with Gasteiger partial charge in [-0.15, -0.1) is 0 Å². The minimum Gasteiger partial charge on any atom is -0.465 e. The molecule has 0 saturated heterocycles. The molecule has 92 valence electrons. The van der Waals surface area contributed by atoms with Crippen LogP contribution in [0.2, 0.25) is 0 Å². The lowest BCUT2D eigenvalue weighted by Crippen LogP contribution is -2.06. The molecule has 0 aliphatic heterocycles. The summed E-state index contributed by atoms with van der Waals surface area (Å²) < 4.78 is 5.54. The third kappa shape index (κ3) is 2.63. The summed E-state index contributed by atoms with van der Waals surface area (Å²) in [6.45, 7) is 1.83. The van der Waals surface area contributed by atoms with E-state index in [0.29, 0.717) is 0 Å². The van der Waals surface area contributed by atoms with E-state index in [1.165, 1.54) is 18.3 Å². The molecule has 5 heteroatoms. The molecular formula is C13H12N2O3. The molecule has 0 radical (unpaired) electrons. The average Bonchev–Trinajstić information content (AvgIpc) is 2.40. The molecule has 0 aliphatic rings. The van der Waals surface area contributed by atoms with Gasteiger partial charge in [-0.05, 0) is 18.6 Å². The largest absolute Gasteiger partial charge is 0.465 e. The zero-order valence-electron chi connectivity index (χ0n) is 9.82. The van der Waals surface area contributed by atoms with Crippen molar-refractivity contribution in [3.63, 3.8) is 0 Å². The summed E-state index contributed by atoms with van der Waals surface area (Å²) in [5.74, 6) is 0.0406. The maximum Gasteiger partial charge on any atom is 0.330 e. The Bertz CT molecular complexity index is 543. The van der Waals surface area contributed by atoms with E-state index in [1.807, 2.05) is 37.3 Å². The fraction of sp³-hybridized carbons (Fsp3) is 0.154. The average molecular weight is 244 g/mol. The van der Waals surface area contributed by atoms with E-state index in [-0.39, 0.29) is 17.7 Å². The second-order valence-electron chi connectivity index (χ2n) is 3.76. The number of aromatic nitrogens is 1. The van der Waals surface area contributed by atoms with Gasteiger partial charge in [0.1, 0.15) is 6.10 Å². The van der Waals surface area contributed by atoms with Crippen LogP contribution in [0, 0.1) is 10.1 Å². The Morgan fingerprint density at radius 2 is 1.94 bits per heavy atom. The molecular weight excluding hydrogens is 232 g/mol. The first-order chi connectivity index (χ1) is 8.68. The highest BCUT2D eigenvalue weighted by atomic mass is 16.6. The van der Waals surface area contributed by atoms with Crippen LogP contribution in [-0.4, -0.2) is 9.91 Å². The third-order valence-corrected chi connectivity index (χ3v) is 2.51. The van der Waals surface area contributed by atoms with Crippen LogP contribution < -0.4 is 4.74 Å². The molecule has 2 aromatic rings. The molecule has 0 amide bonds. The zero-order chi connectivity index (χ0) is 13.0. The van der Waals surface area contributed by atoms with Crippen LogP contribution in [0.5, 0.6) is 5.88 Å². The van der Waals surface area contributed by atoms with E-state index in [0.717, 1.165) is 5.56 Å². The summed E-state index contributed by atoms with van der Waals surface area (Å²) in [4.78, 5) is 14.2. The molecule has 1 aromatic carbocycles. The summed E-state index contributed by atoms with van der Waals surface area (Å²) in [6, 6.07) is 12.4. The van der Waals surface area contributed by atoms with Crippen molar-refractivity contribution in [2.45, 2.75) is 13.0 Å². The van der Waals surface area contributed by atoms with Gasteiger partial charge in [0.05, 0.1) is 4.92 Å². The first-order valence-electron chi connectivity index (χ1n) is 5.49. The monoisotopic (exact) mass is 244 g/mol. The highest BCUT2D eigenvalue weighted by Crippen LogP contribution is 2.27. The lowest BCUT2D eigenvalue weighted by molar-refractivity contribution is -0.386. The molecule has 0 spiro atoms. The lowest BCUT2D eigenvalue weighted by Gasteiger charge is -2.13. The molecule has 1 unspecified atom stereocenters. The van der Waals surface area contributed by atoms with Gasteiger partial charge in [0.15, 0.2) is 0 Å². The van der Waals surface area contributed by atoms with E-state index in [9.17, 15) is 10.1 Å². The van der Waals surface area contributed by atoms with Gasteiger partial charge in [-0.25, -0.2) is 4.98 Å². The van der Waals surface area contributed by atoms with Gasteiger partial charge in [0.2, 0.25) is 0 Å². The van der Waals surface area contributed by atoms with Crippen molar-refractivity contribution in [2.24, 2.45) is 0 Å². The maximum atomic E-state index is 10.8. The molecule has 18 heavy (non-hydrogen) atoms. The Hall–Kier alpha value is -2.43. The van der Waals surface area contributed by atoms with E-state index >= 15 is 0 Å². The lowest BCUT2D eigenvalue weighted by atomic mass is 10.1.